The predicted molar refractivity (Wildman–Crippen MR) is 520 cm³/mol. The van der Waals surface area contributed by atoms with E-state index >= 15 is 0 Å². The highest BCUT2D eigenvalue weighted by atomic mass is 16.2. The molecule has 7 amide bonds. The summed E-state index contributed by atoms with van der Waals surface area (Å²) in [5.41, 5.74) is 29.1. The largest absolute Gasteiger partial charge is 0.370 e. The number of carbonyl (C=O) groups excluding carboxylic acids is 5. The molecule has 16 rings (SSSR count). The van der Waals surface area contributed by atoms with Crippen molar-refractivity contribution in [1.82, 2.24) is 50.2 Å². The highest BCUT2D eigenvalue weighted by Crippen LogP contribution is 2.46. The van der Waals surface area contributed by atoms with Crippen LogP contribution in [0.25, 0.3) is 0 Å². The van der Waals surface area contributed by atoms with E-state index in [4.69, 9.17) is 42.9 Å². The molecule has 128 heavy (non-hydrogen) atoms. The van der Waals surface area contributed by atoms with Gasteiger partial charge in [0.25, 0.3) is 17.7 Å². The van der Waals surface area contributed by atoms with Crippen molar-refractivity contribution in [1.29, 1.82) is 0 Å². The number of likely N-dealkylation sites (tertiary alicyclic amines) is 1. The first-order valence-electron chi connectivity index (χ1n) is 51.9. The van der Waals surface area contributed by atoms with Crippen LogP contribution in [0.4, 0.5) is 9.59 Å². The number of nitrogens with zero attached hydrogens (tertiary/aromatic N) is 11. The van der Waals surface area contributed by atoms with E-state index < -0.39 is 16.6 Å². The van der Waals surface area contributed by atoms with Crippen LogP contribution >= 0.6 is 0 Å². The summed E-state index contributed by atoms with van der Waals surface area (Å²) in [5, 5.41) is 9.92. The molecule has 9 fully saturated rings. The number of carbonyl (C=O) groups is 5. The molecule has 3 aromatic rings. The summed E-state index contributed by atoms with van der Waals surface area (Å²) in [7, 11) is 3.59. The van der Waals surface area contributed by atoms with Gasteiger partial charge in [-0.15, -0.1) is 0 Å². The summed E-state index contributed by atoms with van der Waals surface area (Å²) in [6.45, 7) is 17.2. The molecule has 0 radical (unpaired) electrons. The maximum atomic E-state index is 13.7. The van der Waals surface area contributed by atoms with Crippen LogP contribution in [-0.4, -0.2) is 181 Å². The Hall–Kier alpha value is -7.79. The Morgan fingerprint density at radius 2 is 0.805 bits per heavy atom. The number of hydrogen-bond acceptors (Lipinski definition) is 16. The third kappa shape index (κ3) is 26.6. The smallest absolute Gasteiger partial charge is 0.318 e. The number of nitrogens with two attached hydrogens (primary N) is 4. The topological polar surface area (TPSA) is 298 Å². The van der Waals surface area contributed by atoms with Gasteiger partial charge in [-0.25, -0.2) is 29.6 Å². The Morgan fingerprint density at radius 3 is 1.28 bits per heavy atom. The molecule has 0 bridgehead atoms. The zero-order valence-corrected chi connectivity index (χ0v) is 80.1. The van der Waals surface area contributed by atoms with Crippen LogP contribution in [-0.2, 0) is 47.1 Å². The van der Waals surface area contributed by atoms with Gasteiger partial charge in [-0.2, -0.15) is 0 Å². The van der Waals surface area contributed by atoms with E-state index in [1.807, 2.05) is 21.9 Å². The maximum Gasteiger partial charge on any atom is 0.318 e. The quantitative estimate of drug-likeness (QED) is 0.0286. The van der Waals surface area contributed by atoms with Crippen LogP contribution < -0.4 is 38.9 Å². The third-order valence-corrected chi connectivity index (χ3v) is 32.0. The molecule has 10 atom stereocenters. The second-order valence-corrected chi connectivity index (χ2v) is 42.1. The van der Waals surface area contributed by atoms with E-state index in [0.717, 1.165) is 170 Å². The van der Waals surface area contributed by atoms with Crippen molar-refractivity contribution >= 4 is 53.6 Å². The number of benzene rings is 3. The van der Waals surface area contributed by atoms with E-state index in [9.17, 15) is 24.0 Å². The summed E-state index contributed by atoms with van der Waals surface area (Å²) >= 11 is 0. The third-order valence-electron chi connectivity index (χ3n) is 32.0. The fourth-order valence-electron chi connectivity index (χ4n) is 24.7. The van der Waals surface area contributed by atoms with Crippen molar-refractivity contribution in [3.63, 3.8) is 0 Å². The maximum absolute atomic E-state index is 13.7. The van der Waals surface area contributed by atoms with Crippen LogP contribution in [0.1, 0.15) is 364 Å². The van der Waals surface area contributed by atoms with E-state index in [-0.39, 0.29) is 47.4 Å². The number of nitrogens with one attached hydrogen (secondary N) is 3. The summed E-state index contributed by atoms with van der Waals surface area (Å²) in [4.78, 5) is 98.1. The standard InChI is InChI=1S/C28H43N5O2.C28H45N5O.C26H40N4O.C23H40N4O/c1-3-5-16-28(17-21-10-7-6-8-11-21)25(34)33(26(29)31-28)19-23-14-12-22(13-15-23)18-32-20-24(9-4-2)30-27(32)35;1-3-5-16-28(17-22-10-7-6-8-11-22)21-33(26(29)31-28)19-24-14-12-23(13-15-24)18-32-20-25(9-4-2)30-27(32)34;1-30-24(31)26(29-25(30)27,16-15-20-9-4-2-5-10-20)18-22-13-8-14-23(17-22)28-19-21-11-6-3-7-12-21;1-26-21(28)23(25-22(26)24,13-12-18-8-3-2-4-9-18)17-19-10-7-11-20(16-19)27-14-5-6-15-27/h12-15,21,24H,3-11,16-20H2,1-2H3,(H2,29,31)(H,30,35);12-15,22,25H,3-11,16-21H2,1-2H3,(H2,29,31)(H,30,34);3,6-7,11-12,20,22-23,28H,2,4-5,8-10,13-19H2,1H3,(H2,27,29);18-20H,2-17H2,1H3,(H2,24,25)/t24-,28?;25-,28?;22-,23+,26+;19-,20-,23+/m0000/s1. The molecule has 3 saturated heterocycles. The fraction of sp³-hybridized carbons (Fsp3) is 0.743. The summed E-state index contributed by atoms with van der Waals surface area (Å²) in [6.07, 6.45) is 57.6. The van der Waals surface area contributed by atoms with Gasteiger partial charge in [0.2, 0.25) is 0 Å². The Balaban J connectivity index is 0.000000146. The molecule has 23 nitrogen and oxygen atoms in total. The van der Waals surface area contributed by atoms with Crippen molar-refractivity contribution in [3.05, 3.63) is 107 Å². The summed E-state index contributed by atoms with van der Waals surface area (Å²) in [5.74, 6) is 6.33. The monoisotopic (exact) mass is 1760 g/mol. The molecule has 7 aliphatic heterocycles. The average molecular weight is 1760 g/mol. The minimum absolute atomic E-state index is 0.000184. The van der Waals surface area contributed by atoms with E-state index in [2.05, 4.69) is 120 Å². The zero-order valence-electron chi connectivity index (χ0n) is 80.1. The highest BCUT2D eigenvalue weighted by molar-refractivity contribution is 6.08. The van der Waals surface area contributed by atoms with E-state index in [0.29, 0.717) is 67.3 Å². The SMILES string of the molecule is CCCCC1(CC2CCCCC2)CN(Cc2ccc(CN3C[C@H](CCC)NC3=O)cc2)C(N)=N1.CCCCC1(CC2CCCCC2)N=C(N)N(Cc2ccc(CN3C[C@H](CCC)NC3=O)cc2)C1=O.CN1C(=O)[C@@](CCC2CCCCC2)(C[C@H]2CCC[C@@H](NCc3ccccc3)C2)N=C1N.CN1C(=O)[C@@](CCC2CCCCC2)(C[C@H]2CCC[C@H](N3CCCC3)C2)N=C1N. The van der Waals surface area contributed by atoms with Crippen LogP contribution in [0.2, 0.25) is 0 Å². The van der Waals surface area contributed by atoms with Crippen molar-refractivity contribution < 1.29 is 24.0 Å². The fourth-order valence-corrected chi connectivity index (χ4v) is 24.7. The van der Waals surface area contributed by atoms with Crippen LogP contribution in [0.15, 0.2) is 98.8 Å². The number of likely N-dealkylation sites (N-methyl/N-ethyl adjacent to an activating group) is 2. The number of unbranched alkanes of at least 4 members (excludes halogenated alkanes) is 2. The Morgan fingerprint density at radius 1 is 0.383 bits per heavy atom. The van der Waals surface area contributed by atoms with Crippen molar-refractivity contribution in [2.75, 3.05) is 46.8 Å². The Bertz CT molecular complexity index is 4110. The van der Waals surface area contributed by atoms with Gasteiger partial charge < -0.3 is 58.5 Å². The molecule has 6 aliphatic carbocycles. The van der Waals surface area contributed by atoms with Gasteiger partial charge in [-0.1, -0.05) is 299 Å². The Labute approximate surface area is 770 Å². The van der Waals surface area contributed by atoms with E-state index in [1.54, 1.807) is 28.8 Å². The van der Waals surface area contributed by atoms with E-state index in [1.165, 1.54) is 235 Å². The average Bonchev–Trinajstić information content (AvgIpc) is 1.62. The van der Waals surface area contributed by atoms with Gasteiger partial charge >= 0.3 is 12.1 Å². The second-order valence-electron chi connectivity index (χ2n) is 42.1. The lowest BCUT2D eigenvalue weighted by Gasteiger charge is -2.38. The van der Waals surface area contributed by atoms with Gasteiger partial charge in [0, 0.05) is 84.1 Å². The molecule has 13 aliphatic rings. The Kier molecular flexibility index (Phi) is 36.3. The predicted octanol–water partition coefficient (Wildman–Crippen LogP) is 18.9. The molecule has 0 spiro atoms. The molecule has 23 heteroatoms. The number of urea groups is 2. The number of amides is 7. The lowest BCUT2D eigenvalue weighted by Crippen LogP contribution is -2.45. The molecule has 2 unspecified atom stereocenters. The second kappa shape index (κ2) is 47.5. The molecule has 6 saturated carbocycles. The van der Waals surface area contributed by atoms with Gasteiger partial charge in [0.05, 0.1) is 12.1 Å². The number of rotatable bonds is 36. The molecule has 3 aromatic carbocycles. The minimum atomic E-state index is -0.680. The summed E-state index contributed by atoms with van der Waals surface area (Å²) < 4.78 is 0. The first-order chi connectivity index (χ1) is 62.1. The van der Waals surface area contributed by atoms with Gasteiger partial charge in [0.15, 0.2) is 23.8 Å². The number of guanidine groups is 4. The number of hydrogen-bond donors (Lipinski definition) is 7. The van der Waals surface area contributed by atoms with Crippen molar-refractivity contribution in [2.45, 2.75) is 415 Å². The van der Waals surface area contributed by atoms with Crippen molar-refractivity contribution in [3.8, 4) is 0 Å². The molecule has 708 valence electrons. The lowest BCUT2D eigenvalue weighted by atomic mass is 9.74. The molecule has 7 heterocycles. The normalized spacial score (nSPS) is 28.8. The first-order valence-corrected chi connectivity index (χ1v) is 51.9. The zero-order chi connectivity index (χ0) is 90.1. The summed E-state index contributed by atoms with van der Waals surface area (Å²) in [6, 6.07) is 29.4. The van der Waals surface area contributed by atoms with Gasteiger partial charge in [0.1, 0.15) is 16.6 Å². The molecular weight excluding hydrogens is 1590 g/mol. The van der Waals surface area contributed by atoms with Gasteiger partial charge in [-0.3, -0.25) is 29.1 Å². The van der Waals surface area contributed by atoms with Crippen molar-refractivity contribution in [2.24, 2.45) is 78.4 Å². The lowest BCUT2D eigenvalue weighted by molar-refractivity contribution is -0.133. The van der Waals surface area contributed by atoms with Gasteiger partial charge in [-0.05, 0) is 192 Å². The van der Waals surface area contributed by atoms with Crippen LogP contribution in [0.3, 0.4) is 0 Å². The minimum Gasteiger partial charge on any atom is -0.370 e. The van der Waals surface area contributed by atoms with Crippen LogP contribution in [0, 0.1) is 35.5 Å². The molecule has 0 aromatic heterocycles. The van der Waals surface area contributed by atoms with Crippen LogP contribution in [0.5, 0.6) is 0 Å². The number of aliphatic imine (C=N–C) groups is 4. The molecule has 11 N–H and O–H groups in total. The highest BCUT2D eigenvalue weighted by Gasteiger charge is 2.52. The molecular formula is C105H168N18O5. The first kappa shape index (κ1) is 97.7.